The van der Waals surface area contributed by atoms with Gasteiger partial charge in [-0.3, -0.25) is 0 Å². The van der Waals surface area contributed by atoms with E-state index >= 15 is 0 Å². The summed E-state index contributed by atoms with van der Waals surface area (Å²) in [5.41, 5.74) is 24.1. The summed E-state index contributed by atoms with van der Waals surface area (Å²) >= 11 is 0. The summed E-state index contributed by atoms with van der Waals surface area (Å²) in [7, 11) is 0. The molecular formula is C14H17N3. The van der Waals surface area contributed by atoms with Crippen molar-refractivity contribution in [2.75, 3.05) is 17.2 Å². The van der Waals surface area contributed by atoms with Gasteiger partial charge in [0, 0.05) is 22.6 Å². The maximum absolute atomic E-state index is 6.04. The Hall–Kier alpha value is -2.16. The molecule has 0 heterocycles. The van der Waals surface area contributed by atoms with Crippen molar-refractivity contribution in [1.29, 1.82) is 0 Å². The number of anilines is 3. The van der Waals surface area contributed by atoms with E-state index in [-0.39, 0.29) is 0 Å². The molecule has 0 aliphatic heterocycles. The number of aryl methyl sites for hydroxylation is 1. The Balaban J connectivity index is 2.69. The largest absolute Gasteiger partial charge is 0.399 e. The van der Waals surface area contributed by atoms with Gasteiger partial charge in [0.1, 0.15) is 0 Å². The molecule has 6 N–H and O–H groups in total. The third-order valence-electron chi connectivity index (χ3n) is 3.10. The zero-order chi connectivity index (χ0) is 12.6. The van der Waals surface area contributed by atoms with Crippen LogP contribution in [0.3, 0.4) is 0 Å². The highest BCUT2D eigenvalue weighted by Crippen LogP contribution is 2.33. The molecule has 0 saturated carbocycles. The molecule has 0 bridgehead atoms. The van der Waals surface area contributed by atoms with Crippen LogP contribution in [0.2, 0.25) is 0 Å². The van der Waals surface area contributed by atoms with Crippen LogP contribution in [0.15, 0.2) is 30.3 Å². The maximum Gasteiger partial charge on any atom is 0.0395 e. The van der Waals surface area contributed by atoms with Crippen LogP contribution in [-0.2, 0) is 0 Å². The standard InChI is InChI=1S/C14H17N3/c1-8-3-5-11(9(2)14(8)17)12-7-10(15)4-6-13(12)16/h3-7H,15-17H2,1-2H3. The molecule has 3 heteroatoms. The van der Waals surface area contributed by atoms with Gasteiger partial charge in [-0.25, -0.2) is 0 Å². The quantitative estimate of drug-likeness (QED) is 0.655. The topological polar surface area (TPSA) is 78.1 Å². The highest BCUT2D eigenvalue weighted by molar-refractivity contribution is 5.84. The van der Waals surface area contributed by atoms with Gasteiger partial charge in [0.05, 0.1) is 0 Å². The van der Waals surface area contributed by atoms with Crippen molar-refractivity contribution in [3.8, 4) is 11.1 Å². The van der Waals surface area contributed by atoms with E-state index in [2.05, 4.69) is 0 Å². The van der Waals surface area contributed by atoms with Crippen LogP contribution in [0.5, 0.6) is 0 Å². The van der Waals surface area contributed by atoms with E-state index in [0.717, 1.165) is 27.9 Å². The molecule has 0 aliphatic carbocycles. The van der Waals surface area contributed by atoms with Crippen molar-refractivity contribution in [3.05, 3.63) is 41.5 Å². The Labute approximate surface area is 101 Å². The third kappa shape index (κ3) is 1.91. The first-order valence-electron chi connectivity index (χ1n) is 5.51. The summed E-state index contributed by atoms with van der Waals surface area (Å²) in [6, 6.07) is 9.53. The van der Waals surface area contributed by atoms with Crippen molar-refractivity contribution < 1.29 is 0 Å². The summed E-state index contributed by atoms with van der Waals surface area (Å²) in [6.45, 7) is 4.00. The van der Waals surface area contributed by atoms with Crippen molar-refractivity contribution in [2.24, 2.45) is 0 Å². The lowest BCUT2D eigenvalue weighted by atomic mass is 9.95. The van der Waals surface area contributed by atoms with Crippen LogP contribution in [0.25, 0.3) is 11.1 Å². The fourth-order valence-corrected chi connectivity index (χ4v) is 1.96. The van der Waals surface area contributed by atoms with Gasteiger partial charge in [0.25, 0.3) is 0 Å². The van der Waals surface area contributed by atoms with Crippen molar-refractivity contribution >= 4 is 17.1 Å². The summed E-state index contributed by atoms with van der Waals surface area (Å²) in [5.74, 6) is 0. The number of hydrogen-bond acceptors (Lipinski definition) is 3. The zero-order valence-electron chi connectivity index (χ0n) is 10.1. The van der Waals surface area contributed by atoms with Gasteiger partial charge in [0.15, 0.2) is 0 Å². The summed E-state index contributed by atoms with van der Waals surface area (Å²) in [5, 5.41) is 0. The van der Waals surface area contributed by atoms with E-state index < -0.39 is 0 Å². The molecule has 0 spiro atoms. The number of nitrogens with two attached hydrogens (primary N) is 3. The zero-order valence-corrected chi connectivity index (χ0v) is 10.1. The fraction of sp³-hybridized carbons (Fsp3) is 0.143. The smallest absolute Gasteiger partial charge is 0.0395 e. The van der Waals surface area contributed by atoms with Gasteiger partial charge >= 0.3 is 0 Å². The molecule has 0 aliphatic rings. The van der Waals surface area contributed by atoms with E-state index in [0.29, 0.717) is 11.4 Å². The summed E-state index contributed by atoms with van der Waals surface area (Å²) in [4.78, 5) is 0. The van der Waals surface area contributed by atoms with Crippen LogP contribution in [0.1, 0.15) is 11.1 Å². The molecule has 3 nitrogen and oxygen atoms in total. The van der Waals surface area contributed by atoms with E-state index in [1.54, 1.807) is 6.07 Å². The monoisotopic (exact) mass is 227 g/mol. The molecule has 88 valence electrons. The van der Waals surface area contributed by atoms with E-state index in [1.807, 2.05) is 38.1 Å². The molecule has 0 fully saturated rings. The van der Waals surface area contributed by atoms with E-state index in [9.17, 15) is 0 Å². The number of benzene rings is 2. The van der Waals surface area contributed by atoms with Gasteiger partial charge in [-0.1, -0.05) is 12.1 Å². The molecule has 0 atom stereocenters. The molecule has 0 aromatic heterocycles. The van der Waals surface area contributed by atoms with Crippen molar-refractivity contribution in [1.82, 2.24) is 0 Å². The molecule has 17 heavy (non-hydrogen) atoms. The average Bonchev–Trinajstić information content (AvgIpc) is 2.30. The predicted molar refractivity (Wildman–Crippen MR) is 74.6 cm³/mol. The van der Waals surface area contributed by atoms with Crippen molar-refractivity contribution in [3.63, 3.8) is 0 Å². The van der Waals surface area contributed by atoms with E-state index in [1.165, 1.54) is 0 Å². The van der Waals surface area contributed by atoms with Gasteiger partial charge in [0.2, 0.25) is 0 Å². The predicted octanol–water partition coefficient (Wildman–Crippen LogP) is 2.72. The first-order valence-corrected chi connectivity index (χ1v) is 5.51. The lowest BCUT2D eigenvalue weighted by Gasteiger charge is -2.13. The van der Waals surface area contributed by atoms with Crippen molar-refractivity contribution in [2.45, 2.75) is 13.8 Å². The Morgan fingerprint density at radius 1 is 0.824 bits per heavy atom. The first kappa shape index (κ1) is 11.3. The molecular weight excluding hydrogens is 210 g/mol. The third-order valence-corrected chi connectivity index (χ3v) is 3.10. The van der Waals surface area contributed by atoms with Gasteiger partial charge in [-0.2, -0.15) is 0 Å². The SMILES string of the molecule is Cc1ccc(-c2cc(N)ccc2N)c(C)c1N. The molecule has 0 saturated heterocycles. The van der Waals surface area contributed by atoms with Gasteiger partial charge < -0.3 is 17.2 Å². The minimum Gasteiger partial charge on any atom is -0.399 e. The normalized spacial score (nSPS) is 10.5. The molecule has 0 amide bonds. The molecule has 2 aromatic rings. The van der Waals surface area contributed by atoms with Gasteiger partial charge in [-0.05, 0) is 48.7 Å². The second kappa shape index (κ2) is 4.01. The summed E-state index contributed by atoms with van der Waals surface area (Å²) in [6.07, 6.45) is 0. The fourth-order valence-electron chi connectivity index (χ4n) is 1.96. The number of rotatable bonds is 1. The van der Waals surface area contributed by atoms with Crippen LogP contribution in [0, 0.1) is 13.8 Å². The van der Waals surface area contributed by atoms with Crippen LogP contribution in [-0.4, -0.2) is 0 Å². The molecule has 0 unspecified atom stereocenters. The lowest BCUT2D eigenvalue weighted by Crippen LogP contribution is -1.98. The Morgan fingerprint density at radius 2 is 1.53 bits per heavy atom. The second-order valence-electron chi connectivity index (χ2n) is 4.32. The lowest BCUT2D eigenvalue weighted by molar-refractivity contribution is 1.38. The summed E-state index contributed by atoms with van der Waals surface area (Å²) < 4.78 is 0. The molecule has 2 rings (SSSR count). The first-order chi connectivity index (χ1) is 8.00. The minimum absolute atomic E-state index is 0.702. The second-order valence-corrected chi connectivity index (χ2v) is 4.32. The number of hydrogen-bond donors (Lipinski definition) is 3. The Kier molecular flexibility index (Phi) is 2.68. The Morgan fingerprint density at radius 3 is 2.24 bits per heavy atom. The van der Waals surface area contributed by atoms with Crippen LogP contribution >= 0.6 is 0 Å². The minimum atomic E-state index is 0.702. The van der Waals surface area contributed by atoms with Crippen LogP contribution in [0.4, 0.5) is 17.1 Å². The molecule has 0 radical (unpaired) electrons. The number of nitrogen functional groups attached to an aromatic ring is 3. The average molecular weight is 227 g/mol. The van der Waals surface area contributed by atoms with Gasteiger partial charge in [-0.15, -0.1) is 0 Å². The Bertz CT molecular complexity index is 574. The van der Waals surface area contributed by atoms with Crippen LogP contribution < -0.4 is 17.2 Å². The van der Waals surface area contributed by atoms with E-state index in [4.69, 9.17) is 17.2 Å². The highest BCUT2D eigenvalue weighted by atomic mass is 14.6. The highest BCUT2D eigenvalue weighted by Gasteiger charge is 2.09. The molecule has 2 aromatic carbocycles. The maximum atomic E-state index is 6.04.